The smallest absolute Gasteiger partial charge is 0.294 e. The van der Waals surface area contributed by atoms with Crippen LogP contribution in [0.2, 0.25) is 0 Å². The maximum atomic E-state index is 11.4. The van der Waals surface area contributed by atoms with Gasteiger partial charge in [-0.25, -0.2) is 0 Å². The van der Waals surface area contributed by atoms with Gasteiger partial charge in [0.05, 0.1) is 4.90 Å². The van der Waals surface area contributed by atoms with Crippen molar-refractivity contribution < 1.29 is 13.0 Å². The second-order valence-corrected chi connectivity index (χ2v) is 8.23. The van der Waals surface area contributed by atoms with Crippen LogP contribution in [0, 0.1) is 5.41 Å². The fourth-order valence-electron chi connectivity index (χ4n) is 3.89. The van der Waals surface area contributed by atoms with Crippen molar-refractivity contribution in [1.29, 1.82) is 0 Å². The van der Waals surface area contributed by atoms with E-state index >= 15 is 0 Å². The molecule has 1 fully saturated rings. The maximum Gasteiger partial charge on any atom is 0.294 e. The van der Waals surface area contributed by atoms with Crippen molar-refractivity contribution in [3.05, 3.63) is 29.3 Å². The van der Waals surface area contributed by atoms with E-state index in [1.54, 1.807) is 6.07 Å². The van der Waals surface area contributed by atoms with Crippen molar-refractivity contribution in [2.45, 2.75) is 50.0 Å². The summed E-state index contributed by atoms with van der Waals surface area (Å²) in [6.45, 7) is 7.65. The van der Waals surface area contributed by atoms with Crippen LogP contribution in [0.15, 0.2) is 23.1 Å². The van der Waals surface area contributed by atoms with E-state index in [2.05, 4.69) is 26.1 Å². The monoisotopic (exact) mass is 295 g/mol. The van der Waals surface area contributed by atoms with Crippen LogP contribution in [0.25, 0.3) is 0 Å². The third-order valence-electron chi connectivity index (χ3n) is 5.71. The van der Waals surface area contributed by atoms with Crippen molar-refractivity contribution in [3.63, 3.8) is 0 Å². The van der Waals surface area contributed by atoms with Crippen LogP contribution < -0.4 is 5.32 Å². The summed E-state index contributed by atoms with van der Waals surface area (Å²) in [7, 11) is -4.14. The molecule has 1 aliphatic carbocycles. The first-order valence-corrected chi connectivity index (χ1v) is 8.44. The van der Waals surface area contributed by atoms with Crippen LogP contribution in [0.1, 0.15) is 38.3 Å². The highest BCUT2D eigenvalue weighted by molar-refractivity contribution is 7.85. The van der Waals surface area contributed by atoms with E-state index in [0.29, 0.717) is 6.04 Å². The Hall–Kier alpha value is -0.910. The van der Waals surface area contributed by atoms with Crippen LogP contribution in [0.5, 0.6) is 0 Å². The van der Waals surface area contributed by atoms with Gasteiger partial charge in [-0.1, -0.05) is 26.8 Å². The quantitative estimate of drug-likeness (QED) is 0.779. The summed E-state index contributed by atoms with van der Waals surface area (Å²) in [5, 5.41) is 3.58. The lowest BCUT2D eigenvalue weighted by Crippen LogP contribution is -2.62. The summed E-state index contributed by atoms with van der Waals surface area (Å²) < 4.78 is 32.1. The molecule has 3 rings (SSSR count). The van der Waals surface area contributed by atoms with Gasteiger partial charge >= 0.3 is 0 Å². The van der Waals surface area contributed by atoms with Crippen LogP contribution in [0.4, 0.5) is 0 Å². The lowest BCUT2D eigenvalue weighted by Gasteiger charge is -2.57. The van der Waals surface area contributed by atoms with Gasteiger partial charge in [0.25, 0.3) is 10.1 Å². The first kappa shape index (κ1) is 14.0. The molecule has 20 heavy (non-hydrogen) atoms. The molecule has 1 aliphatic heterocycles. The molecule has 110 valence electrons. The van der Waals surface area contributed by atoms with E-state index in [0.717, 1.165) is 24.9 Å². The van der Waals surface area contributed by atoms with Gasteiger partial charge in [-0.3, -0.25) is 4.55 Å². The SMILES string of the molecule is CC1(C)[C@H]2Cc3ccc(S(=O)(=O)O)cc3[C@]1(C)CCN2. The van der Waals surface area contributed by atoms with Gasteiger partial charge in [0.15, 0.2) is 0 Å². The Bertz CT molecular complexity index is 666. The minimum atomic E-state index is -4.14. The molecule has 5 heteroatoms. The van der Waals surface area contributed by atoms with Crippen LogP contribution in [0.3, 0.4) is 0 Å². The molecule has 0 radical (unpaired) electrons. The van der Waals surface area contributed by atoms with Gasteiger partial charge < -0.3 is 5.32 Å². The molecule has 0 saturated carbocycles. The summed E-state index contributed by atoms with van der Waals surface area (Å²) in [5.74, 6) is 0. The normalized spacial score (nSPS) is 31.7. The summed E-state index contributed by atoms with van der Waals surface area (Å²) in [6, 6.07) is 5.44. The average molecular weight is 295 g/mol. The lowest BCUT2D eigenvalue weighted by molar-refractivity contribution is 0.0557. The molecular formula is C15H21NO3S. The van der Waals surface area contributed by atoms with E-state index in [1.807, 2.05) is 6.07 Å². The van der Waals surface area contributed by atoms with Crippen molar-refractivity contribution in [1.82, 2.24) is 5.32 Å². The second kappa shape index (κ2) is 4.06. The van der Waals surface area contributed by atoms with Gasteiger partial charge in [-0.05, 0) is 48.1 Å². The molecule has 1 heterocycles. The molecule has 2 N–H and O–H groups in total. The van der Waals surface area contributed by atoms with Gasteiger partial charge in [-0.15, -0.1) is 0 Å². The Kier molecular flexibility index (Phi) is 2.85. The van der Waals surface area contributed by atoms with E-state index in [-0.39, 0.29) is 15.7 Å². The van der Waals surface area contributed by atoms with E-state index in [4.69, 9.17) is 0 Å². The molecule has 0 spiro atoms. The number of rotatable bonds is 1. The topological polar surface area (TPSA) is 66.4 Å². The average Bonchev–Trinajstić information content (AvgIpc) is 2.32. The molecular weight excluding hydrogens is 274 g/mol. The summed E-state index contributed by atoms with van der Waals surface area (Å²) in [5.41, 5.74) is 2.25. The van der Waals surface area contributed by atoms with Crippen LogP contribution >= 0.6 is 0 Å². The number of piperidine rings is 1. The summed E-state index contributed by atoms with van der Waals surface area (Å²) >= 11 is 0. The number of benzene rings is 1. The highest BCUT2D eigenvalue weighted by Gasteiger charge is 2.53. The molecule has 1 saturated heterocycles. The first-order chi connectivity index (χ1) is 9.16. The van der Waals surface area contributed by atoms with Crippen molar-refractivity contribution in [3.8, 4) is 0 Å². The van der Waals surface area contributed by atoms with Crippen molar-refractivity contribution >= 4 is 10.1 Å². The predicted molar refractivity (Wildman–Crippen MR) is 77.5 cm³/mol. The number of hydrogen-bond acceptors (Lipinski definition) is 3. The zero-order chi connectivity index (χ0) is 14.8. The molecule has 2 aliphatic rings. The van der Waals surface area contributed by atoms with Gasteiger partial charge in [0.2, 0.25) is 0 Å². The Labute approximate surface area is 120 Å². The van der Waals surface area contributed by atoms with Gasteiger partial charge in [0.1, 0.15) is 0 Å². The largest absolute Gasteiger partial charge is 0.313 e. The number of fused-ring (bicyclic) bond motifs is 4. The Balaban J connectivity index is 2.24. The summed E-state index contributed by atoms with van der Waals surface area (Å²) in [6.07, 6.45) is 1.88. The molecule has 1 aromatic rings. The second-order valence-electron chi connectivity index (χ2n) is 6.81. The molecule has 0 aromatic heterocycles. The maximum absolute atomic E-state index is 11.4. The third-order valence-corrected chi connectivity index (χ3v) is 6.56. The number of nitrogens with one attached hydrogen (secondary N) is 1. The third kappa shape index (κ3) is 1.76. The zero-order valence-corrected chi connectivity index (χ0v) is 12.9. The minimum Gasteiger partial charge on any atom is -0.313 e. The molecule has 2 atom stereocenters. The molecule has 4 nitrogen and oxygen atoms in total. The van der Waals surface area contributed by atoms with Crippen molar-refractivity contribution in [2.24, 2.45) is 5.41 Å². The fourth-order valence-corrected chi connectivity index (χ4v) is 4.40. The lowest BCUT2D eigenvalue weighted by atomic mass is 9.51. The standard InChI is InChI=1S/C15H21NO3S/c1-14(2)13-8-10-4-5-11(20(17,18)19)9-12(10)15(14,3)6-7-16-13/h4-5,9,13,16H,6-8H2,1-3H3,(H,17,18,19)/t13-,15+/m1/s1. The van der Waals surface area contributed by atoms with Crippen LogP contribution in [-0.4, -0.2) is 25.6 Å². The fraction of sp³-hybridized carbons (Fsp3) is 0.600. The Morgan fingerprint density at radius 1 is 1.30 bits per heavy atom. The number of hydrogen-bond donors (Lipinski definition) is 2. The first-order valence-electron chi connectivity index (χ1n) is 7.00. The molecule has 0 unspecified atom stereocenters. The van der Waals surface area contributed by atoms with E-state index < -0.39 is 10.1 Å². The van der Waals surface area contributed by atoms with Crippen LogP contribution in [-0.2, 0) is 22.0 Å². The molecule has 2 bridgehead atoms. The van der Waals surface area contributed by atoms with E-state index in [1.165, 1.54) is 11.6 Å². The minimum absolute atomic E-state index is 0.00487. The van der Waals surface area contributed by atoms with Crippen molar-refractivity contribution in [2.75, 3.05) is 6.54 Å². The van der Waals surface area contributed by atoms with Gasteiger partial charge in [-0.2, -0.15) is 8.42 Å². The summed E-state index contributed by atoms with van der Waals surface area (Å²) in [4.78, 5) is 0.00487. The predicted octanol–water partition coefficient (Wildman–Crippen LogP) is 2.14. The highest BCUT2D eigenvalue weighted by atomic mass is 32.2. The van der Waals surface area contributed by atoms with Gasteiger partial charge in [0, 0.05) is 11.5 Å². The zero-order valence-electron chi connectivity index (χ0n) is 12.1. The Morgan fingerprint density at radius 2 is 2.00 bits per heavy atom. The Morgan fingerprint density at radius 3 is 2.65 bits per heavy atom. The molecule has 0 amide bonds. The highest BCUT2D eigenvalue weighted by Crippen LogP contribution is 2.53. The van der Waals surface area contributed by atoms with E-state index in [9.17, 15) is 13.0 Å². The molecule has 1 aromatic carbocycles.